The Morgan fingerprint density at radius 3 is 2.81 bits per heavy atom. The van der Waals surface area contributed by atoms with Crippen LogP contribution in [0.25, 0.3) is 0 Å². The number of hydrogen-bond acceptors (Lipinski definition) is 4. The molecule has 1 heterocycles. The molecule has 0 spiro atoms. The minimum Gasteiger partial charge on any atom is -0.375 e. The maximum Gasteiger partial charge on any atom is 0.292 e. The van der Waals surface area contributed by atoms with Crippen molar-refractivity contribution in [1.29, 1.82) is 0 Å². The number of benzene rings is 2. The molecule has 1 aliphatic rings. The standard InChI is InChI=1S/C15H14FN3O2/c16-13-3-4-15(19(20)21)14(6-13)18-7-10-1-2-11-8-17-9-12(11)5-10/h1-6,17-18H,7-9H2. The molecule has 5 nitrogen and oxygen atoms in total. The summed E-state index contributed by atoms with van der Waals surface area (Å²) < 4.78 is 13.2. The zero-order chi connectivity index (χ0) is 14.8. The lowest BCUT2D eigenvalue weighted by atomic mass is 10.1. The maximum absolute atomic E-state index is 13.2. The molecule has 21 heavy (non-hydrogen) atoms. The Hall–Kier alpha value is -2.47. The first-order valence-electron chi connectivity index (χ1n) is 6.63. The molecule has 0 aromatic heterocycles. The van der Waals surface area contributed by atoms with Gasteiger partial charge in [0, 0.05) is 31.8 Å². The average molecular weight is 287 g/mol. The maximum atomic E-state index is 13.2. The molecule has 0 aliphatic carbocycles. The summed E-state index contributed by atoms with van der Waals surface area (Å²) in [7, 11) is 0. The van der Waals surface area contributed by atoms with E-state index in [0.717, 1.165) is 30.8 Å². The van der Waals surface area contributed by atoms with Gasteiger partial charge in [0.05, 0.1) is 4.92 Å². The molecular weight excluding hydrogens is 273 g/mol. The number of rotatable bonds is 4. The monoisotopic (exact) mass is 287 g/mol. The Morgan fingerprint density at radius 1 is 1.19 bits per heavy atom. The van der Waals surface area contributed by atoms with Gasteiger partial charge in [-0.15, -0.1) is 0 Å². The molecular formula is C15H14FN3O2. The molecule has 3 rings (SSSR count). The van der Waals surface area contributed by atoms with Crippen LogP contribution in [0.15, 0.2) is 36.4 Å². The summed E-state index contributed by atoms with van der Waals surface area (Å²) in [5, 5.41) is 17.1. The lowest BCUT2D eigenvalue weighted by Crippen LogP contribution is -2.03. The summed E-state index contributed by atoms with van der Waals surface area (Å²) in [4.78, 5) is 10.4. The average Bonchev–Trinajstić information content (AvgIpc) is 2.92. The number of nitrogens with zero attached hydrogens (tertiary/aromatic N) is 1. The highest BCUT2D eigenvalue weighted by Gasteiger charge is 2.15. The molecule has 108 valence electrons. The van der Waals surface area contributed by atoms with E-state index in [0.29, 0.717) is 6.54 Å². The van der Waals surface area contributed by atoms with Crippen molar-refractivity contribution in [2.45, 2.75) is 19.6 Å². The number of hydrogen-bond donors (Lipinski definition) is 2. The van der Waals surface area contributed by atoms with Crippen molar-refractivity contribution in [2.24, 2.45) is 0 Å². The van der Waals surface area contributed by atoms with Gasteiger partial charge in [0.1, 0.15) is 11.5 Å². The lowest BCUT2D eigenvalue weighted by Gasteiger charge is -2.08. The molecule has 0 unspecified atom stereocenters. The van der Waals surface area contributed by atoms with Gasteiger partial charge >= 0.3 is 0 Å². The topological polar surface area (TPSA) is 67.2 Å². The zero-order valence-corrected chi connectivity index (χ0v) is 11.2. The molecule has 0 saturated heterocycles. The fourth-order valence-electron chi connectivity index (χ4n) is 2.46. The summed E-state index contributed by atoms with van der Waals surface area (Å²) >= 11 is 0. The van der Waals surface area contributed by atoms with E-state index in [1.165, 1.54) is 17.2 Å². The van der Waals surface area contributed by atoms with Crippen LogP contribution >= 0.6 is 0 Å². The van der Waals surface area contributed by atoms with E-state index in [1.807, 2.05) is 12.1 Å². The first-order valence-corrected chi connectivity index (χ1v) is 6.63. The second-order valence-corrected chi connectivity index (χ2v) is 4.98. The zero-order valence-electron chi connectivity index (χ0n) is 11.2. The predicted molar refractivity (Wildman–Crippen MR) is 77.4 cm³/mol. The van der Waals surface area contributed by atoms with E-state index in [4.69, 9.17) is 0 Å². The molecule has 6 heteroatoms. The van der Waals surface area contributed by atoms with E-state index >= 15 is 0 Å². The van der Waals surface area contributed by atoms with Gasteiger partial charge in [-0.1, -0.05) is 18.2 Å². The number of nitrogens with one attached hydrogen (secondary N) is 2. The van der Waals surface area contributed by atoms with Crippen LogP contribution in [0, 0.1) is 15.9 Å². The van der Waals surface area contributed by atoms with Crippen LogP contribution in [0.5, 0.6) is 0 Å². The molecule has 0 saturated carbocycles. The number of nitro groups is 1. The van der Waals surface area contributed by atoms with Gasteiger partial charge in [-0.3, -0.25) is 10.1 Å². The number of anilines is 1. The second-order valence-electron chi connectivity index (χ2n) is 4.98. The molecule has 1 aliphatic heterocycles. The Balaban J connectivity index is 1.78. The molecule has 2 aromatic rings. The van der Waals surface area contributed by atoms with Crippen molar-refractivity contribution < 1.29 is 9.31 Å². The van der Waals surface area contributed by atoms with E-state index in [2.05, 4.69) is 16.7 Å². The van der Waals surface area contributed by atoms with Gasteiger partial charge in [-0.2, -0.15) is 0 Å². The largest absolute Gasteiger partial charge is 0.375 e. The third kappa shape index (κ3) is 2.85. The van der Waals surface area contributed by atoms with Crippen molar-refractivity contribution in [1.82, 2.24) is 5.32 Å². The summed E-state index contributed by atoms with van der Waals surface area (Å²) in [6, 6.07) is 9.49. The molecule has 0 fully saturated rings. The molecule has 0 bridgehead atoms. The van der Waals surface area contributed by atoms with Crippen molar-refractivity contribution in [3.8, 4) is 0 Å². The highest BCUT2D eigenvalue weighted by Crippen LogP contribution is 2.26. The second kappa shape index (κ2) is 5.49. The lowest BCUT2D eigenvalue weighted by molar-refractivity contribution is -0.384. The van der Waals surface area contributed by atoms with E-state index in [9.17, 15) is 14.5 Å². The van der Waals surface area contributed by atoms with Gasteiger partial charge in [-0.25, -0.2) is 4.39 Å². The fourth-order valence-corrected chi connectivity index (χ4v) is 2.46. The van der Waals surface area contributed by atoms with Crippen LogP contribution in [0.3, 0.4) is 0 Å². The molecule has 2 aromatic carbocycles. The highest BCUT2D eigenvalue weighted by atomic mass is 19.1. The van der Waals surface area contributed by atoms with Crippen LogP contribution in [0.1, 0.15) is 16.7 Å². The minimum absolute atomic E-state index is 0.126. The smallest absolute Gasteiger partial charge is 0.292 e. The summed E-state index contributed by atoms with van der Waals surface area (Å²) in [6.45, 7) is 2.12. The Bertz CT molecular complexity index is 703. The van der Waals surface area contributed by atoms with Gasteiger partial charge in [-0.05, 0) is 22.8 Å². The van der Waals surface area contributed by atoms with Gasteiger partial charge < -0.3 is 10.6 Å². The van der Waals surface area contributed by atoms with Crippen LogP contribution in [-0.4, -0.2) is 4.92 Å². The third-order valence-electron chi connectivity index (χ3n) is 3.54. The van der Waals surface area contributed by atoms with E-state index < -0.39 is 10.7 Å². The third-order valence-corrected chi connectivity index (χ3v) is 3.54. The highest BCUT2D eigenvalue weighted by molar-refractivity contribution is 5.61. The van der Waals surface area contributed by atoms with Crippen LogP contribution in [0.2, 0.25) is 0 Å². The normalized spacial score (nSPS) is 13.0. The van der Waals surface area contributed by atoms with Crippen molar-refractivity contribution in [3.05, 3.63) is 69.0 Å². The number of halogens is 1. The van der Waals surface area contributed by atoms with Crippen LogP contribution in [0.4, 0.5) is 15.8 Å². The summed E-state index contributed by atoms with van der Waals surface area (Å²) in [5.74, 6) is -0.499. The SMILES string of the molecule is O=[N+]([O-])c1ccc(F)cc1NCc1ccc2c(c1)CNC2. The Labute approximate surface area is 120 Å². The Morgan fingerprint density at radius 2 is 2.00 bits per heavy atom. The Kier molecular flexibility index (Phi) is 3.53. The fraction of sp³-hybridized carbons (Fsp3) is 0.200. The van der Waals surface area contributed by atoms with Crippen LogP contribution in [-0.2, 0) is 19.6 Å². The summed E-state index contributed by atoms with van der Waals surface area (Å²) in [5.41, 5.74) is 3.59. The van der Waals surface area contributed by atoms with Gasteiger partial charge in [0.25, 0.3) is 5.69 Å². The van der Waals surface area contributed by atoms with Gasteiger partial charge in [0.2, 0.25) is 0 Å². The quantitative estimate of drug-likeness (QED) is 0.670. The van der Waals surface area contributed by atoms with Crippen molar-refractivity contribution in [2.75, 3.05) is 5.32 Å². The molecule has 2 N–H and O–H groups in total. The molecule has 0 amide bonds. The van der Waals surface area contributed by atoms with Crippen LogP contribution < -0.4 is 10.6 Å². The molecule has 0 radical (unpaired) electrons. The first-order chi connectivity index (χ1) is 10.1. The number of nitro benzene ring substituents is 1. The van der Waals surface area contributed by atoms with Crippen molar-refractivity contribution in [3.63, 3.8) is 0 Å². The van der Waals surface area contributed by atoms with E-state index in [1.54, 1.807) is 0 Å². The molecule has 0 atom stereocenters. The predicted octanol–water partition coefficient (Wildman–Crippen LogP) is 2.95. The number of fused-ring (bicyclic) bond motifs is 1. The summed E-state index contributed by atoms with van der Waals surface area (Å²) in [6.07, 6.45) is 0. The first kappa shape index (κ1) is 13.5. The van der Waals surface area contributed by atoms with Gasteiger partial charge in [0.15, 0.2) is 0 Å². The minimum atomic E-state index is -0.519. The van der Waals surface area contributed by atoms with Crippen molar-refractivity contribution >= 4 is 11.4 Å². The van der Waals surface area contributed by atoms with E-state index in [-0.39, 0.29) is 11.4 Å².